The van der Waals surface area contributed by atoms with E-state index >= 15 is 0 Å². The van der Waals surface area contributed by atoms with Gasteiger partial charge in [0.25, 0.3) is 0 Å². The molecule has 0 saturated carbocycles. The van der Waals surface area contributed by atoms with Crippen molar-refractivity contribution in [1.29, 1.82) is 0 Å². The van der Waals surface area contributed by atoms with E-state index in [9.17, 15) is 43.2 Å². The number of carbonyl (C=O) groups is 4. The number of hydrogen-bond acceptors (Lipinski definition) is 15. The summed E-state index contributed by atoms with van der Waals surface area (Å²) in [6, 6.07) is 0. The minimum atomic E-state index is -4.97. The van der Waals surface area contributed by atoms with Crippen molar-refractivity contribution < 1.29 is 80.2 Å². The molecule has 0 aliphatic carbocycles. The van der Waals surface area contributed by atoms with Gasteiger partial charge in [0.05, 0.1) is 26.4 Å². The number of aliphatic hydroxyl groups excluding tert-OH is 1. The second-order valence-corrected chi connectivity index (χ2v) is 31.3. The van der Waals surface area contributed by atoms with Crippen LogP contribution in [0.1, 0.15) is 382 Å². The van der Waals surface area contributed by atoms with E-state index in [1.807, 2.05) is 0 Å². The van der Waals surface area contributed by atoms with Gasteiger partial charge in [-0.1, -0.05) is 329 Å². The third kappa shape index (κ3) is 71.7. The number of phosphoric acid groups is 2. The van der Waals surface area contributed by atoms with Crippen LogP contribution in [-0.2, 0) is 65.4 Å². The summed E-state index contributed by atoms with van der Waals surface area (Å²) in [5.74, 6) is -0.659. The molecule has 2 unspecified atom stereocenters. The van der Waals surface area contributed by atoms with Crippen LogP contribution in [0.2, 0.25) is 0 Å². The lowest BCUT2D eigenvalue weighted by Crippen LogP contribution is -2.30. The lowest BCUT2D eigenvalue weighted by atomic mass is 10.0. The summed E-state index contributed by atoms with van der Waals surface area (Å²) in [4.78, 5) is 72.8. The Bertz CT molecular complexity index is 1970. The normalized spacial score (nSPS) is 14.1. The molecule has 0 heterocycles. The number of phosphoric ester groups is 2. The van der Waals surface area contributed by atoms with Crippen LogP contribution >= 0.6 is 15.6 Å². The van der Waals surface area contributed by atoms with E-state index in [2.05, 4.69) is 65.8 Å². The zero-order valence-corrected chi connectivity index (χ0v) is 64.7. The Labute approximate surface area is 592 Å². The molecule has 0 aliphatic heterocycles. The second-order valence-electron chi connectivity index (χ2n) is 28.4. The Hall–Kier alpha value is -2.46. The van der Waals surface area contributed by atoms with Crippen LogP contribution in [0.5, 0.6) is 0 Å². The first-order valence-corrected chi connectivity index (χ1v) is 42.8. The fourth-order valence-electron chi connectivity index (χ4n) is 11.5. The first-order valence-electron chi connectivity index (χ1n) is 39.8. The topological polar surface area (TPSA) is 237 Å². The van der Waals surface area contributed by atoms with E-state index < -0.39 is 97.5 Å². The van der Waals surface area contributed by atoms with Crippen LogP contribution in [0.25, 0.3) is 0 Å². The average Bonchev–Trinajstić information content (AvgIpc) is 1.04. The quantitative estimate of drug-likeness (QED) is 0.0169. The smallest absolute Gasteiger partial charge is 0.462 e. The molecule has 0 fully saturated rings. The molecular formula is C78H148O17P2. The lowest BCUT2D eigenvalue weighted by Gasteiger charge is -2.21. The van der Waals surface area contributed by atoms with Crippen molar-refractivity contribution in [3.05, 3.63) is 24.3 Å². The van der Waals surface area contributed by atoms with Crippen molar-refractivity contribution >= 4 is 39.5 Å². The van der Waals surface area contributed by atoms with Crippen LogP contribution in [0.15, 0.2) is 24.3 Å². The largest absolute Gasteiger partial charge is 0.472 e. The molecule has 0 amide bonds. The van der Waals surface area contributed by atoms with Gasteiger partial charge in [-0.2, -0.15) is 0 Å². The van der Waals surface area contributed by atoms with Crippen molar-refractivity contribution in [3.63, 3.8) is 0 Å². The van der Waals surface area contributed by atoms with Crippen molar-refractivity contribution in [3.8, 4) is 0 Å². The van der Waals surface area contributed by atoms with Gasteiger partial charge in [-0.15, -0.1) is 0 Å². The highest BCUT2D eigenvalue weighted by Gasteiger charge is 2.30. The third-order valence-electron chi connectivity index (χ3n) is 17.6. The average molecular weight is 1420 g/mol. The molecule has 0 saturated heterocycles. The minimum absolute atomic E-state index is 0.101. The molecule has 0 bridgehead atoms. The number of esters is 4. The molecule has 0 spiro atoms. The van der Waals surface area contributed by atoms with Crippen molar-refractivity contribution in [1.82, 2.24) is 0 Å². The maximum Gasteiger partial charge on any atom is 0.472 e. The molecule has 0 aromatic carbocycles. The summed E-state index contributed by atoms with van der Waals surface area (Å²) in [5, 5.41) is 10.6. The van der Waals surface area contributed by atoms with Gasteiger partial charge in [-0.05, 0) is 63.2 Å². The summed E-state index contributed by atoms with van der Waals surface area (Å²) < 4.78 is 68.5. The SMILES string of the molecule is CCCCCC/C=C\C=C/CCCCCCCC(=O)OC[C@H](COP(=O)(O)OC[C@@H](O)COP(=O)(O)OC[C@@H](COC(=O)CCCCCCCCC(C)C)OC(=O)CCCCCCCCCCCCCCCC)OC(=O)CCCCCCCCCCCCCCCCCCC(C)C. The third-order valence-corrected chi connectivity index (χ3v) is 19.5. The Morgan fingerprint density at radius 1 is 0.320 bits per heavy atom. The summed E-state index contributed by atoms with van der Waals surface area (Å²) in [6.07, 6.45) is 60.6. The lowest BCUT2D eigenvalue weighted by molar-refractivity contribution is -0.161. The highest BCUT2D eigenvalue weighted by molar-refractivity contribution is 7.47. The van der Waals surface area contributed by atoms with Crippen LogP contribution in [0.4, 0.5) is 0 Å². The van der Waals surface area contributed by atoms with Gasteiger partial charge in [0.1, 0.15) is 19.3 Å². The molecule has 572 valence electrons. The molecule has 0 aromatic heterocycles. The standard InChI is InChI=1S/C78H148O17P2/c1-7-9-11-13-15-17-19-21-25-30-33-37-41-48-54-60-75(80)88-66-73(94-77(82)63-57-51-43-39-35-31-27-24-23-26-28-32-36-40-46-52-58-70(3)4)68-92-96(84,85)90-64-72(79)65-91-97(86,87)93-69-74(67-89-76(81)61-55-49-45-44-47-53-59-71(5)6)95-78(83)62-56-50-42-38-34-29-22-20-18-16-14-12-10-8-2/h17,19,21,25,70-74,79H,7-16,18,20,22-24,26-69H2,1-6H3,(H,84,85)(H,86,87)/b19-17-,25-21-/t72-,73-,74-/m1/s1. The molecule has 0 rings (SSSR count). The van der Waals surface area contributed by atoms with E-state index in [1.165, 1.54) is 173 Å². The van der Waals surface area contributed by atoms with Gasteiger partial charge in [0, 0.05) is 25.7 Å². The molecule has 17 nitrogen and oxygen atoms in total. The van der Waals surface area contributed by atoms with Crippen LogP contribution in [-0.4, -0.2) is 96.7 Å². The molecule has 3 N–H and O–H groups in total. The Morgan fingerprint density at radius 2 is 0.557 bits per heavy atom. The monoisotopic (exact) mass is 1420 g/mol. The first kappa shape index (κ1) is 94.5. The van der Waals surface area contributed by atoms with Crippen molar-refractivity contribution in [2.24, 2.45) is 11.8 Å². The van der Waals surface area contributed by atoms with Gasteiger partial charge in [0.2, 0.25) is 0 Å². The van der Waals surface area contributed by atoms with Crippen LogP contribution < -0.4 is 0 Å². The van der Waals surface area contributed by atoms with E-state index in [4.69, 9.17) is 37.0 Å². The first-order chi connectivity index (χ1) is 46.9. The number of aliphatic hydroxyl groups is 1. The zero-order valence-electron chi connectivity index (χ0n) is 62.9. The second kappa shape index (κ2) is 69.3. The summed E-state index contributed by atoms with van der Waals surface area (Å²) in [5.41, 5.74) is 0. The van der Waals surface area contributed by atoms with E-state index in [0.717, 1.165) is 121 Å². The maximum atomic E-state index is 13.1. The Balaban J connectivity index is 5.26. The number of rotatable bonds is 75. The number of carbonyl (C=O) groups excluding carboxylic acids is 4. The van der Waals surface area contributed by atoms with Gasteiger partial charge in [0.15, 0.2) is 12.2 Å². The van der Waals surface area contributed by atoms with Crippen molar-refractivity contribution in [2.75, 3.05) is 39.6 Å². The van der Waals surface area contributed by atoms with Crippen LogP contribution in [0.3, 0.4) is 0 Å². The molecule has 5 atom stereocenters. The Kier molecular flexibility index (Phi) is 67.5. The van der Waals surface area contributed by atoms with Crippen LogP contribution in [0, 0.1) is 11.8 Å². The van der Waals surface area contributed by atoms with E-state index in [-0.39, 0.29) is 25.7 Å². The van der Waals surface area contributed by atoms with E-state index in [0.29, 0.717) is 31.6 Å². The van der Waals surface area contributed by atoms with Crippen molar-refractivity contribution in [2.45, 2.75) is 400 Å². The summed E-state index contributed by atoms with van der Waals surface area (Å²) in [7, 11) is -9.92. The van der Waals surface area contributed by atoms with Gasteiger partial charge >= 0.3 is 39.5 Å². The number of unbranched alkanes of at least 4 members (excludes halogenated alkanes) is 42. The molecular weight excluding hydrogens is 1270 g/mol. The fourth-order valence-corrected chi connectivity index (χ4v) is 13.0. The summed E-state index contributed by atoms with van der Waals surface area (Å²) >= 11 is 0. The molecule has 19 heteroatoms. The Morgan fingerprint density at radius 3 is 0.845 bits per heavy atom. The molecule has 97 heavy (non-hydrogen) atoms. The minimum Gasteiger partial charge on any atom is -0.462 e. The number of ether oxygens (including phenoxy) is 4. The predicted molar refractivity (Wildman–Crippen MR) is 395 cm³/mol. The highest BCUT2D eigenvalue weighted by atomic mass is 31.2. The highest BCUT2D eigenvalue weighted by Crippen LogP contribution is 2.45. The van der Waals surface area contributed by atoms with E-state index in [1.54, 1.807) is 0 Å². The van der Waals surface area contributed by atoms with Gasteiger partial charge in [-0.3, -0.25) is 37.3 Å². The number of allylic oxidation sites excluding steroid dienone is 4. The molecule has 0 radical (unpaired) electrons. The van der Waals surface area contributed by atoms with Gasteiger partial charge < -0.3 is 33.8 Å². The fraction of sp³-hybridized carbons (Fsp3) is 0.897. The van der Waals surface area contributed by atoms with Gasteiger partial charge in [-0.25, -0.2) is 9.13 Å². The molecule has 0 aromatic rings. The molecule has 0 aliphatic rings. The summed E-state index contributed by atoms with van der Waals surface area (Å²) in [6.45, 7) is 9.49. The number of hydrogen-bond donors (Lipinski definition) is 3. The maximum absolute atomic E-state index is 13.1. The zero-order chi connectivity index (χ0) is 71.4. The predicted octanol–water partition coefficient (Wildman–Crippen LogP) is 22.7.